The zero-order valence-electron chi connectivity index (χ0n) is 8.95. The Kier molecular flexibility index (Phi) is 2.89. The predicted molar refractivity (Wildman–Crippen MR) is 61.0 cm³/mol. The predicted octanol–water partition coefficient (Wildman–Crippen LogP) is 1.28. The number of anilines is 1. The molecule has 1 aliphatic rings. The van der Waals surface area contributed by atoms with Crippen LogP contribution in [0, 0.1) is 18.3 Å². The van der Waals surface area contributed by atoms with Gasteiger partial charge in [0.1, 0.15) is 6.07 Å². The summed E-state index contributed by atoms with van der Waals surface area (Å²) in [6, 6.07) is 8.26. The largest absolute Gasteiger partial charge is 0.368 e. The molecule has 0 atom stereocenters. The van der Waals surface area contributed by atoms with Crippen molar-refractivity contribution < 1.29 is 0 Å². The molecule has 15 heavy (non-hydrogen) atoms. The fourth-order valence-corrected chi connectivity index (χ4v) is 1.90. The van der Waals surface area contributed by atoms with E-state index in [0.29, 0.717) is 0 Å². The third kappa shape index (κ3) is 2.11. The highest BCUT2D eigenvalue weighted by Gasteiger charge is 2.13. The molecule has 0 aromatic heterocycles. The van der Waals surface area contributed by atoms with Crippen LogP contribution in [-0.4, -0.2) is 26.2 Å². The molecule has 0 unspecified atom stereocenters. The lowest BCUT2D eigenvalue weighted by Crippen LogP contribution is -2.43. The van der Waals surface area contributed by atoms with Gasteiger partial charge in [-0.1, -0.05) is 6.07 Å². The molecule has 2 rings (SSSR count). The molecule has 1 aromatic carbocycles. The van der Waals surface area contributed by atoms with Gasteiger partial charge in [-0.15, -0.1) is 0 Å². The van der Waals surface area contributed by atoms with E-state index < -0.39 is 0 Å². The second-order valence-corrected chi connectivity index (χ2v) is 3.87. The Bertz CT molecular complexity index is 386. The third-order valence-electron chi connectivity index (χ3n) is 2.73. The van der Waals surface area contributed by atoms with Crippen LogP contribution in [0.5, 0.6) is 0 Å². The van der Waals surface area contributed by atoms with E-state index in [1.807, 2.05) is 12.1 Å². The molecule has 0 bridgehead atoms. The van der Waals surface area contributed by atoms with E-state index >= 15 is 0 Å². The van der Waals surface area contributed by atoms with Gasteiger partial charge in [-0.2, -0.15) is 5.26 Å². The van der Waals surface area contributed by atoms with Crippen molar-refractivity contribution in [1.82, 2.24) is 5.32 Å². The first-order valence-electron chi connectivity index (χ1n) is 5.27. The Morgan fingerprint density at radius 1 is 1.33 bits per heavy atom. The summed E-state index contributed by atoms with van der Waals surface area (Å²) in [4.78, 5) is 2.28. The minimum Gasteiger partial charge on any atom is -0.368 e. The Labute approximate surface area is 90.3 Å². The van der Waals surface area contributed by atoms with Gasteiger partial charge in [-0.25, -0.2) is 0 Å². The van der Waals surface area contributed by atoms with Crippen LogP contribution in [0.2, 0.25) is 0 Å². The van der Waals surface area contributed by atoms with Crippen molar-refractivity contribution in [3.63, 3.8) is 0 Å². The fourth-order valence-electron chi connectivity index (χ4n) is 1.90. The fraction of sp³-hybridized carbons (Fsp3) is 0.417. The van der Waals surface area contributed by atoms with Crippen LogP contribution in [0.3, 0.4) is 0 Å². The van der Waals surface area contributed by atoms with Crippen molar-refractivity contribution in [1.29, 1.82) is 5.26 Å². The summed E-state index contributed by atoms with van der Waals surface area (Å²) in [5.74, 6) is 0. The van der Waals surface area contributed by atoms with Crippen molar-refractivity contribution >= 4 is 5.69 Å². The molecule has 1 fully saturated rings. The van der Waals surface area contributed by atoms with Gasteiger partial charge in [0, 0.05) is 26.2 Å². The number of aryl methyl sites for hydroxylation is 1. The van der Waals surface area contributed by atoms with Gasteiger partial charge in [-0.05, 0) is 24.6 Å². The molecule has 0 amide bonds. The Balaban J connectivity index is 2.32. The molecular formula is C12H15N3. The van der Waals surface area contributed by atoms with Crippen LogP contribution in [0.4, 0.5) is 5.69 Å². The van der Waals surface area contributed by atoms with E-state index in [0.717, 1.165) is 37.4 Å². The number of benzene rings is 1. The van der Waals surface area contributed by atoms with Crippen molar-refractivity contribution in [2.24, 2.45) is 0 Å². The molecule has 1 N–H and O–H groups in total. The maximum Gasteiger partial charge on any atom is 0.101 e. The first kappa shape index (κ1) is 10.0. The zero-order chi connectivity index (χ0) is 10.7. The van der Waals surface area contributed by atoms with E-state index in [-0.39, 0.29) is 0 Å². The molecule has 0 radical (unpaired) electrons. The highest BCUT2D eigenvalue weighted by Crippen LogP contribution is 2.21. The third-order valence-corrected chi connectivity index (χ3v) is 2.73. The molecule has 1 heterocycles. The molecule has 1 saturated heterocycles. The van der Waals surface area contributed by atoms with Gasteiger partial charge in [0.2, 0.25) is 0 Å². The van der Waals surface area contributed by atoms with Gasteiger partial charge >= 0.3 is 0 Å². The van der Waals surface area contributed by atoms with Gasteiger partial charge < -0.3 is 10.2 Å². The van der Waals surface area contributed by atoms with Crippen molar-refractivity contribution in [2.75, 3.05) is 31.1 Å². The smallest absolute Gasteiger partial charge is 0.101 e. The standard InChI is InChI=1S/C12H15N3/c1-10-2-3-11(9-13)12(8-10)15-6-4-14-5-7-15/h2-3,8,14H,4-7H2,1H3. The molecule has 0 spiro atoms. The topological polar surface area (TPSA) is 39.1 Å². The Morgan fingerprint density at radius 3 is 2.73 bits per heavy atom. The van der Waals surface area contributed by atoms with Gasteiger partial charge in [0.15, 0.2) is 0 Å². The summed E-state index contributed by atoms with van der Waals surface area (Å²) in [6.07, 6.45) is 0. The molecule has 0 saturated carbocycles. The molecular weight excluding hydrogens is 186 g/mol. The monoisotopic (exact) mass is 201 g/mol. The zero-order valence-corrected chi connectivity index (χ0v) is 8.95. The van der Waals surface area contributed by atoms with Crippen LogP contribution in [0.25, 0.3) is 0 Å². The number of hydrogen-bond donors (Lipinski definition) is 1. The quantitative estimate of drug-likeness (QED) is 0.744. The van der Waals surface area contributed by atoms with Gasteiger partial charge in [0.05, 0.1) is 11.3 Å². The second-order valence-electron chi connectivity index (χ2n) is 3.87. The summed E-state index contributed by atoms with van der Waals surface area (Å²) in [5, 5.41) is 12.4. The summed E-state index contributed by atoms with van der Waals surface area (Å²) in [7, 11) is 0. The Hall–Kier alpha value is -1.53. The first-order valence-corrected chi connectivity index (χ1v) is 5.27. The highest BCUT2D eigenvalue weighted by atomic mass is 15.2. The van der Waals surface area contributed by atoms with Crippen molar-refractivity contribution in [2.45, 2.75) is 6.92 Å². The van der Waals surface area contributed by atoms with Crippen LogP contribution in [0.15, 0.2) is 18.2 Å². The first-order chi connectivity index (χ1) is 7.31. The molecule has 3 nitrogen and oxygen atoms in total. The number of nitrogens with one attached hydrogen (secondary N) is 1. The second kappa shape index (κ2) is 4.33. The van der Waals surface area contributed by atoms with Crippen LogP contribution >= 0.6 is 0 Å². The lowest BCUT2D eigenvalue weighted by atomic mass is 10.1. The number of piperazine rings is 1. The summed E-state index contributed by atoms with van der Waals surface area (Å²) >= 11 is 0. The summed E-state index contributed by atoms with van der Waals surface area (Å²) in [6.45, 7) is 6.03. The van der Waals surface area contributed by atoms with E-state index in [4.69, 9.17) is 5.26 Å². The summed E-state index contributed by atoms with van der Waals surface area (Å²) < 4.78 is 0. The number of nitriles is 1. The van der Waals surface area contributed by atoms with Crippen LogP contribution in [-0.2, 0) is 0 Å². The van der Waals surface area contributed by atoms with E-state index in [9.17, 15) is 0 Å². The Morgan fingerprint density at radius 2 is 2.07 bits per heavy atom. The number of nitrogens with zero attached hydrogens (tertiary/aromatic N) is 2. The van der Waals surface area contributed by atoms with E-state index in [2.05, 4.69) is 29.3 Å². The van der Waals surface area contributed by atoms with Gasteiger partial charge in [-0.3, -0.25) is 0 Å². The lowest BCUT2D eigenvalue weighted by Gasteiger charge is -2.30. The lowest BCUT2D eigenvalue weighted by molar-refractivity contribution is 0.589. The average molecular weight is 201 g/mol. The minimum absolute atomic E-state index is 0.780. The van der Waals surface area contributed by atoms with E-state index in [1.165, 1.54) is 5.56 Å². The molecule has 1 aromatic rings. The average Bonchev–Trinajstić information content (AvgIpc) is 2.30. The van der Waals surface area contributed by atoms with Gasteiger partial charge in [0.25, 0.3) is 0 Å². The van der Waals surface area contributed by atoms with Crippen molar-refractivity contribution in [3.05, 3.63) is 29.3 Å². The SMILES string of the molecule is Cc1ccc(C#N)c(N2CCNCC2)c1. The number of hydrogen-bond acceptors (Lipinski definition) is 3. The summed E-state index contributed by atoms with van der Waals surface area (Å²) in [5.41, 5.74) is 3.07. The maximum atomic E-state index is 9.05. The van der Waals surface area contributed by atoms with Crippen LogP contribution < -0.4 is 10.2 Å². The number of rotatable bonds is 1. The minimum atomic E-state index is 0.780. The molecule has 0 aliphatic carbocycles. The molecule has 78 valence electrons. The molecule has 3 heteroatoms. The molecule has 1 aliphatic heterocycles. The van der Waals surface area contributed by atoms with Crippen molar-refractivity contribution in [3.8, 4) is 6.07 Å². The normalized spacial score (nSPS) is 16.1. The van der Waals surface area contributed by atoms with E-state index in [1.54, 1.807) is 0 Å². The van der Waals surface area contributed by atoms with Crippen LogP contribution in [0.1, 0.15) is 11.1 Å². The maximum absolute atomic E-state index is 9.05. The highest BCUT2D eigenvalue weighted by molar-refractivity contribution is 5.60.